The van der Waals surface area contributed by atoms with E-state index in [1.165, 1.54) is 24.3 Å². The van der Waals surface area contributed by atoms with Crippen LogP contribution in [0.15, 0.2) is 78.9 Å². The predicted octanol–water partition coefficient (Wildman–Crippen LogP) is 4.53. The second-order valence-corrected chi connectivity index (χ2v) is 7.63. The number of halogens is 2. The van der Waals surface area contributed by atoms with Gasteiger partial charge in [-0.2, -0.15) is 0 Å². The minimum atomic E-state index is -0.969. The summed E-state index contributed by atoms with van der Waals surface area (Å²) in [4.78, 5) is 33.6. The number of para-hydroxylation sites is 1. The summed E-state index contributed by atoms with van der Waals surface area (Å²) in [6.07, 6.45) is -0.969. The molecule has 5 rings (SSSR count). The fourth-order valence-corrected chi connectivity index (χ4v) is 4.18. The van der Waals surface area contributed by atoms with E-state index in [-0.39, 0.29) is 5.91 Å². The predicted molar refractivity (Wildman–Crippen MR) is 110 cm³/mol. The fourth-order valence-electron chi connectivity index (χ4n) is 4.06. The van der Waals surface area contributed by atoms with Crippen molar-refractivity contribution in [3.05, 3.63) is 95.3 Å². The minimum Gasteiger partial charge on any atom is -0.273 e. The highest BCUT2D eigenvalue weighted by Crippen LogP contribution is 2.47. The summed E-state index contributed by atoms with van der Waals surface area (Å²) < 4.78 is 13.3. The van der Waals surface area contributed by atoms with Gasteiger partial charge < -0.3 is 0 Å². The first kappa shape index (κ1) is 18.8. The second-order valence-electron chi connectivity index (χ2n) is 7.20. The number of carbonyl (C=O) groups excluding carboxylic acids is 2. The highest BCUT2D eigenvalue weighted by Gasteiger charge is 2.60. The lowest BCUT2D eigenvalue weighted by Gasteiger charge is -2.28. The van der Waals surface area contributed by atoms with Crippen LogP contribution >= 0.6 is 11.6 Å². The Morgan fingerprint density at radius 1 is 0.800 bits per heavy atom. The molecule has 0 saturated carbocycles. The van der Waals surface area contributed by atoms with Gasteiger partial charge in [-0.15, -0.1) is 0 Å². The van der Waals surface area contributed by atoms with Gasteiger partial charge in [-0.25, -0.2) is 14.4 Å². The van der Waals surface area contributed by atoms with Gasteiger partial charge in [0.15, 0.2) is 6.10 Å². The molecule has 0 spiro atoms. The number of carbonyl (C=O) groups is 2. The third-order valence-corrected chi connectivity index (χ3v) is 5.67. The SMILES string of the molecule is O=C1[C@@H]2[C@@H](c3ccc(Cl)cc3)N(c3ccccc3)O[C@H]2C(=O)N1c1ccc(F)cc1. The molecule has 0 aromatic heterocycles. The summed E-state index contributed by atoms with van der Waals surface area (Å²) in [5.41, 5.74) is 1.86. The zero-order chi connectivity index (χ0) is 20.8. The summed E-state index contributed by atoms with van der Waals surface area (Å²) in [6, 6.07) is 21.2. The second kappa shape index (κ2) is 7.23. The number of fused-ring (bicyclic) bond motifs is 1. The van der Waals surface area contributed by atoms with Crippen molar-refractivity contribution in [1.29, 1.82) is 0 Å². The van der Waals surface area contributed by atoms with Crippen LogP contribution in [0.2, 0.25) is 5.02 Å². The Morgan fingerprint density at radius 2 is 1.47 bits per heavy atom. The first-order valence-corrected chi connectivity index (χ1v) is 9.82. The molecule has 0 N–H and O–H groups in total. The van der Waals surface area contributed by atoms with Crippen LogP contribution in [-0.2, 0) is 14.4 Å². The van der Waals surface area contributed by atoms with Gasteiger partial charge in [-0.05, 0) is 54.1 Å². The molecule has 0 unspecified atom stereocenters. The van der Waals surface area contributed by atoms with E-state index in [1.807, 2.05) is 42.5 Å². The molecule has 0 bridgehead atoms. The van der Waals surface area contributed by atoms with Crippen LogP contribution in [0.25, 0.3) is 0 Å². The molecule has 7 heteroatoms. The molecule has 2 heterocycles. The van der Waals surface area contributed by atoms with E-state index >= 15 is 0 Å². The molecule has 2 aliphatic heterocycles. The Kier molecular flexibility index (Phi) is 4.53. The van der Waals surface area contributed by atoms with Crippen LogP contribution in [0.1, 0.15) is 11.6 Å². The van der Waals surface area contributed by atoms with Crippen LogP contribution in [0.5, 0.6) is 0 Å². The third-order valence-electron chi connectivity index (χ3n) is 5.42. The number of imide groups is 1. The van der Waals surface area contributed by atoms with E-state index in [0.717, 1.165) is 16.2 Å². The molecular weight excluding hydrogens is 407 g/mol. The number of amides is 2. The lowest BCUT2D eigenvalue weighted by molar-refractivity contribution is -0.126. The fraction of sp³-hybridized carbons (Fsp3) is 0.130. The van der Waals surface area contributed by atoms with Gasteiger partial charge in [0.1, 0.15) is 11.7 Å². The quantitative estimate of drug-likeness (QED) is 0.582. The summed E-state index contributed by atoms with van der Waals surface area (Å²) in [7, 11) is 0. The number of benzene rings is 3. The highest BCUT2D eigenvalue weighted by atomic mass is 35.5. The maximum absolute atomic E-state index is 13.4. The average Bonchev–Trinajstić information content (AvgIpc) is 3.27. The van der Waals surface area contributed by atoms with Crippen molar-refractivity contribution in [1.82, 2.24) is 0 Å². The summed E-state index contributed by atoms with van der Waals surface area (Å²) in [6.45, 7) is 0. The molecular formula is C23H16ClFN2O3. The van der Waals surface area contributed by atoms with E-state index < -0.39 is 29.8 Å². The summed E-state index contributed by atoms with van der Waals surface area (Å²) in [5, 5.41) is 2.19. The largest absolute Gasteiger partial charge is 0.273 e. The molecule has 0 aliphatic carbocycles. The number of hydrogen-bond donors (Lipinski definition) is 0. The maximum Gasteiger partial charge on any atom is 0.266 e. The number of hydroxylamine groups is 1. The Labute approximate surface area is 177 Å². The van der Waals surface area contributed by atoms with Crippen LogP contribution in [-0.4, -0.2) is 17.9 Å². The van der Waals surface area contributed by atoms with Gasteiger partial charge in [0.25, 0.3) is 5.91 Å². The van der Waals surface area contributed by atoms with Crippen molar-refractivity contribution in [2.45, 2.75) is 12.1 Å². The van der Waals surface area contributed by atoms with Gasteiger partial charge >= 0.3 is 0 Å². The molecule has 0 radical (unpaired) electrons. The first-order valence-electron chi connectivity index (χ1n) is 9.44. The zero-order valence-electron chi connectivity index (χ0n) is 15.6. The molecule has 30 heavy (non-hydrogen) atoms. The van der Waals surface area contributed by atoms with E-state index in [4.69, 9.17) is 16.4 Å². The molecule has 3 aromatic carbocycles. The Balaban J connectivity index is 1.58. The van der Waals surface area contributed by atoms with Gasteiger partial charge in [-0.1, -0.05) is 41.9 Å². The number of anilines is 2. The van der Waals surface area contributed by atoms with Crippen molar-refractivity contribution in [2.24, 2.45) is 5.92 Å². The van der Waals surface area contributed by atoms with Gasteiger partial charge in [-0.3, -0.25) is 14.4 Å². The molecule has 3 aromatic rings. The summed E-state index contributed by atoms with van der Waals surface area (Å²) >= 11 is 6.05. The van der Waals surface area contributed by atoms with Crippen molar-refractivity contribution < 1.29 is 18.8 Å². The minimum absolute atomic E-state index is 0.325. The number of hydrogen-bond acceptors (Lipinski definition) is 4. The van der Waals surface area contributed by atoms with Crippen LogP contribution < -0.4 is 9.96 Å². The topological polar surface area (TPSA) is 49.9 Å². The Bertz CT molecular complexity index is 1110. The highest BCUT2D eigenvalue weighted by molar-refractivity contribution is 6.30. The van der Waals surface area contributed by atoms with Gasteiger partial charge in [0, 0.05) is 5.02 Å². The lowest BCUT2D eigenvalue weighted by Crippen LogP contribution is -2.37. The molecule has 2 fully saturated rings. The van der Waals surface area contributed by atoms with Crippen LogP contribution in [0, 0.1) is 11.7 Å². The van der Waals surface area contributed by atoms with Crippen molar-refractivity contribution >= 4 is 34.8 Å². The molecule has 2 aliphatic rings. The molecule has 2 saturated heterocycles. The number of nitrogens with zero attached hydrogens (tertiary/aromatic N) is 2. The van der Waals surface area contributed by atoms with E-state index in [0.29, 0.717) is 10.7 Å². The van der Waals surface area contributed by atoms with Gasteiger partial charge in [0.05, 0.1) is 17.4 Å². The zero-order valence-corrected chi connectivity index (χ0v) is 16.4. The molecule has 2 amide bonds. The van der Waals surface area contributed by atoms with Gasteiger partial charge in [0.2, 0.25) is 5.91 Å². The monoisotopic (exact) mass is 422 g/mol. The normalized spacial score (nSPS) is 23.2. The van der Waals surface area contributed by atoms with Crippen molar-refractivity contribution in [2.75, 3.05) is 9.96 Å². The van der Waals surface area contributed by atoms with E-state index in [2.05, 4.69) is 0 Å². The van der Waals surface area contributed by atoms with Crippen molar-refractivity contribution in [3.63, 3.8) is 0 Å². The molecule has 150 valence electrons. The van der Waals surface area contributed by atoms with Crippen molar-refractivity contribution in [3.8, 4) is 0 Å². The maximum atomic E-state index is 13.4. The summed E-state index contributed by atoms with van der Waals surface area (Å²) in [5.74, 6) is -2.03. The smallest absolute Gasteiger partial charge is 0.266 e. The van der Waals surface area contributed by atoms with E-state index in [1.54, 1.807) is 17.2 Å². The number of rotatable bonds is 3. The Hall–Kier alpha value is -3.22. The Morgan fingerprint density at radius 3 is 2.13 bits per heavy atom. The standard InChI is InChI=1S/C23H16ClFN2O3/c24-15-8-6-14(7-9-15)20-19-21(30-27(20)18-4-2-1-3-5-18)23(29)26(22(19)28)17-12-10-16(25)11-13-17/h1-13,19-21H/t19-,20-,21-/m1/s1. The third kappa shape index (κ3) is 2.96. The molecule has 3 atom stereocenters. The molecule has 5 nitrogen and oxygen atoms in total. The van der Waals surface area contributed by atoms with Crippen LogP contribution in [0.4, 0.5) is 15.8 Å². The lowest BCUT2D eigenvalue weighted by atomic mass is 9.90. The average molecular weight is 423 g/mol. The van der Waals surface area contributed by atoms with E-state index in [9.17, 15) is 14.0 Å². The first-order chi connectivity index (χ1) is 14.5. The van der Waals surface area contributed by atoms with Crippen LogP contribution in [0.3, 0.4) is 0 Å².